The highest BCUT2D eigenvalue weighted by Crippen LogP contribution is 2.20. The first-order valence-electron chi connectivity index (χ1n) is 6.05. The molecule has 2 rings (SSSR count). The highest BCUT2D eigenvalue weighted by molar-refractivity contribution is 5.49. The monoisotopic (exact) mass is 232 g/mol. The Kier molecular flexibility index (Phi) is 4.04. The van der Waals surface area contributed by atoms with Crippen molar-refractivity contribution in [2.24, 2.45) is 0 Å². The molecule has 1 aliphatic rings. The quantitative estimate of drug-likeness (QED) is 0.739. The van der Waals surface area contributed by atoms with Crippen LogP contribution in [-0.2, 0) is 0 Å². The summed E-state index contributed by atoms with van der Waals surface area (Å²) < 4.78 is 5.17. The number of anilines is 1. The molecule has 17 heavy (non-hydrogen) atoms. The van der Waals surface area contributed by atoms with Gasteiger partial charge in [0.25, 0.3) is 0 Å². The minimum absolute atomic E-state index is 0.916. The summed E-state index contributed by atoms with van der Waals surface area (Å²) in [5, 5.41) is 0. The zero-order chi connectivity index (χ0) is 12.1. The van der Waals surface area contributed by atoms with Crippen molar-refractivity contribution in [1.29, 1.82) is 0 Å². The lowest BCUT2D eigenvalue weighted by Gasteiger charge is -2.35. The average Bonchev–Trinajstić information content (AvgIpc) is 2.40. The highest BCUT2D eigenvalue weighted by Gasteiger charge is 2.15. The van der Waals surface area contributed by atoms with E-state index in [1.54, 1.807) is 7.11 Å². The molecule has 0 spiro atoms. The van der Waals surface area contributed by atoms with Crippen LogP contribution < -0.4 is 9.64 Å². The van der Waals surface area contributed by atoms with Gasteiger partial charge in [-0.1, -0.05) is 6.08 Å². The van der Waals surface area contributed by atoms with Gasteiger partial charge in [-0.15, -0.1) is 6.58 Å². The van der Waals surface area contributed by atoms with Crippen LogP contribution in [0.5, 0.6) is 5.75 Å². The average molecular weight is 232 g/mol. The molecule has 0 saturated carbocycles. The van der Waals surface area contributed by atoms with Crippen LogP contribution in [0, 0.1) is 0 Å². The molecule has 0 N–H and O–H groups in total. The Labute approximate surface area is 103 Å². The zero-order valence-electron chi connectivity index (χ0n) is 10.4. The van der Waals surface area contributed by atoms with E-state index in [1.807, 2.05) is 18.2 Å². The molecular weight excluding hydrogens is 212 g/mol. The molecule has 1 aliphatic heterocycles. The summed E-state index contributed by atoms with van der Waals surface area (Å²) in [6, 6.07) is 8.29. The molecule has 0 radical (unpaired) electrons. The predicted octanol–water partition coefficient (Wildman–Crippen LogP) is 2.00. The molecule has 92 valence electrons. The minimum atomic E-state index is 0.916. The first-order valence-corrected chi connectivity index (χ1v) is 6.05. The molecule has 1 heterocycles. The van der Waals surface area contributed by atoms with Crippen LogP contribution in [0.4, 0.5) is 5.69 Å². The van der Waals surface area contributed by atoms with Crippen molar-refractivity contribution in [2.75, 3.05) is 44.7 Å². The molecule has 1 fully saturated rings. The van der Waals surface area contributed by atoms with Gasteiger partial charge in [-0.2, -0.15) is 0 Å². The van der Waals surface area contributed by atoms with E-state index >= 15 is 0 Å². The molecule has 1 aromatic carbocycles. The summed E-state index contributed by atoms with van der Waals surface area (Å²) in [5.74, 6) is 0.916. The van der Waals surface area contributed by atoms with Gasteiger partial charge in [-0.25, -0.2) is 0 Å². The van der Waals surface area contributed by atoms with Crippen molar-refractivity contribution in [2.45, 2.75) is 0 Å². The molecule has 3 nitrogen and oxygen atoms in total. The maximum absolute atomic E-state index is 5.17. The first kappa shape index (κ1) is 12.0. The van der Waals surface area contributed by atoms with E-state index in [0.717, 1.165) is 38.5 Å². The van der Waals surface area contributed by atoms with Gasteiger partial charge in [0, 0.05) is 38.4 Å². The summed E-state index contributed by atoms with van der Waals surface area (Å²) in [5.41, 5.74) is 1.28. The summed E-state index contributed by atoms with van der Waals surface area (Å²) in [6.45, 7) is 9.16. The number of benzene rings is 1. The molecule has 0 bridgehead atoms. The molecule has 0 unspecified atom stereocenters. The van der Waals surface area contributed by atoms with Gasteiger partial charge >= 0.3 is 0 Å². The van der Waals surface area contributed by atoms with Crippen molar-refractivity contribution < 1.29 is 4.74 Å². The maximum Gasteiger partial charge on any atom is 0.119 e. The molecule has 0 atom stereocenters. The van der Waals surface area contributed by atoms with Crippen molar-refractivity contribution in [1.82, 2.24) is 4.90 Å². The van der Waals surface area contributed by atoms with E-state index < -0.39 is 0 Å². The van der Waals surface area contributed by atoms with E-state index in [4.69, 9.17) is 4.74 Å². The number of ether oxygens (including phenoxy) is 1. The molecular formula is C14H20N2O. The fourth-order valence-electron chi connectivity index (χ4n) is 2.16. The van der Waals surface area contributed by atoms with Crippen LogP contribution in [0.15, 0.2) is 36.9 Å². The lowest BCUT2D eigenvalue weighted by atomic mass is 10.2. The normalized spacial score (nSPS) is 16.9. The first-order chi connectivity index (χ1) is 8.33. The van der Waals surface area contributed by atoms with E-state index in [2.05, 4.69) is 28.5 Å². The Morgan fingerprint density at radius 2 is 1.82 bits per heavy atom. The summed E-state index contributed by atoms with van der Waals surface area (Å²) in [7, 11) is 1.70. The molecule has 0 aromatic heterocycles. The third kappa shape index (κ3) is 3.01. The third-order valence-corrected chi connectivity index (χ3v) is 3.20. The van der Waals surface area contributed by atoms with Gasteiger partial charge in [0.15, 0.2) is 0 Å². The Morgan fingerprint density at radius 1 is 1.18 bits per heavy atom. The predicted molar refractivity (Wildman–Crippen MR) is 71.8 cm³/mol. The van der Waals surface area contributed by atoms with Crippen molar-refractivity contribution in [3.8, 4) is 5.75 Å². The lowest BCUT2D eigenvalue weighted by molar-refractivity contribution is 0.284. The van der Waals surface area contributed by atoms with Gasteiger partial charge in [0.05, 0.1) is 7.11 Å². The van der Waals surface area contributed by atoms with E-state index in [9.17, 15) is 0 Å². The standard InChI is InChI=1S/C14H20N2O/c1-3-8-15-9-11-16(12-10-15)13-4-6-14(17-2)7-5-13/h3-7H,1,8-12H2,2H3. The second kappa shape index (κ2) is 5.73. The Morgan fingerprint density at radius 3 is 2.35 bits per heavy atom. The van der Waals surface area contributed by atoms with Gasteiger partial charge in [-0.05, 0) is 24.3 Å². The number of hydrogen-bond acceptors (Lipinski definition) is 3. The molecule has 0 amide bonds. The van der Waals surface area contributed by atoms with Crippen LogP contribution in [0.3, 0.4) is 0 Å². The van der Waals surface area contributed by atoms with E-state index in [1.165, 1.54) is 5.69 Å². The highest BCUT2D eigenvalue weighted by atomic mass is 16.5. The Hall–Kier alpha value is -1.48. The third-order valence-electron chi connectivity index (χ3n) is 3.20. The number of methoxy groups -OCH3 is 1. The largest absolute Gasteiger partial charge is 0.497 e. The number of rotatable bonds is 4. The van der Waals surface area contributed by atoms with Crippen molar-refractivity contribution in [3.05, 3.63) is 36.9 Å². The second-order valence-corrected chi connectivity index (χ2v) is 4.27. The van der Waals surface area contributed by atoms with Crippen LogP contribution >= 0.6 is 0 Å². The van der Waals surface area contributed by atoms with Crippen LogP contribution in [0.1, 0.15) is 0 Å². The van der Waals surface area contributed by atoms with Crippen molar-refractivity contribution >= 4 is 5.69 Å². The number of hydrogen-bond donors (Lipinski definition) is 0. The summed E-state index contributed by atoms with van der Waals surface area (Å²) >= 11 is 0. The topological polar surface area (TPSA) is 15.7 Å². The summed E-state index contributed by atoms with van der Waals surface area (Å²) in [6.07, 6.45) is 1.98. The lowest BCUT2D eigenvalue weighted by Crippen LogP contribution is -2.46. The Bertz CT molecular complexity index is 353. The van der Waals surface area contributed by atoms with E-state index in [-0.39, 0.29) is 0 Å². The fraction of sp³-hybridized carbons (Fsp3) is 0.429. The van der Waals surface area contributed by atoms with Gasteiger partial charge in [0.2, 0.25) is 0 Å². The van der Waals surface area contributed by atoms with Crippen LogP contribution in [-0.4, -0.2) is 44.7 Å². The molecule has 1 aromatic rings. The SMILES string of the molecule is C=CCN1CCN(c2ccc(OC)cc2)CC1. The second-order valence-electron chi connectivity index (χ2n) is 4.27. The smallest absolute Gasteiger partial charge is 0.119 e. The van der Waals surface area contributed by atoms with Gasteiger partial charge in [0.1, 0.15) is 5.75 Å². The van der Waals surface area contributed by atoms with Gasteiger partial charge < -0.3 is 9.64 Å². The van der Waals surface area contributed by atoms with Crippen LogP contribution in [0.2, 0.25) is 0 Å². The molecule has 3 heteroatoms. The molecule has 0 aliphatic carbocycles. The Balaban J connectivity index is 1.93. The zero-order valence-corrected chi connectivity index (χ0v) is 10.4. The maximum atomic E-state index is 5.17. The fourth-order valence-corrected chi connectivity index (χ4v) is 2.16. The van der Waals surface area contributed by atoms with E-state index in [0.29, 0.717) is 0 Å². The van der Waals surface area contributed by atoms with Crippen LogP contribution in [0.25, 0.3) is 0 Å². The van der Waals surface area contributed by atoms with Crippen molar-refractivity contribution in [3.63, 3.8) is 0 Å². The van der Waals surface area contributed by atoms with Gasteiger partial charge in [-0.3, -0.25) is 4.90 Å². The number of piperazine rings is 1. The minimum Gasteiger partial charge on any atom is -0.497 e. The summed E-state index contributed by atoms with van der Waals surface area (Å²) in [4.78, 5) is 4.84. The number of nitrogens with zero attached hydrogens (tertiary/aromatic N) is 2. The molecule has 1 saturated heterocycles.